The number of likely N-dealkylation sites (N-methyl/N-ethyl adjacent to an activating group) is 1. The minimum Gasteiger partial charge on any atom is -0.493 e. The Labute approximate surface area is 151 Å². The fourth-order valence-corrected chi connectivity index (χ4v) is 3.65. The standard InChI is InChI=1S/C20H32N2O3/c1-5-21-19(23)13-25-17-10-9-16(11-18(17)24-4)12-22-20-14(2)7-6-8-15(20)3/h9-11,14-15,20,22H,5-8,12-13H2,1-4H3,(H,21,23). The smallest absolute Gasteiger partial charge is 0.257 e. The first-order valence-corrected chi connectivity index (χ1v) is 9.35. The molecule has 0 saturated heterocycles. The molecular weight excluding hydrogens is 316 g/mol. The SMILES string of the molecule is CCNC(=O)COc1ccc(CNC2C(C)CCCC2C)cc1OC. The molecule has 1 amide bonds. The molecule has 1 aromatic carbocycles. The number of hydrogen-bond acceptors (Lipinski definition) is 4. The summed E-state index contributed by atoms with van der Waals surface area (Å²) in [5, 5.41) is 6.43. The van der Waals surface area contributed by atoms with Crippen LogP contribution in [0.5, 0.6) is 11.5 Å². The fourth-order valence-electron chi connectivity index (χ4n) is 3.65. The summed E-state index contributed by atoms with van der Waals surface area (Å²) in [5.41, 5.74) is 1.16. The van der Waals surface area contributed by atoms with Crippen molar-refractivity contribution in [2.24, 2.45) is 11.8 Å². The summed E-state index contributed by atoms with van der Waals surface area (Å²) >= 11 is 0. The topological polar surface area (TPSA) is 59.6 Å². The van der Waals surface area contributed by atoms with Crippen molar-refractivity contribution in [3.8, 4) is 11.5 Å². The highest BCUT2D eigenvalue weighted by Gasteiger charge is 2.27. The molecule has 0 radical (unpaired) electrons. The monoisotopic (exact) mass is 348 g/mol. The van der Waals surface area contributed by atoms with Gasteiger partial charge in [-0.15, -0.1) is 0 Å². The van der Waals surface area contributed by atoms with Gasteiger partial charge in [-0.05, 0) is 49.3 Å². The molecular formula is C20H32N2O3. The van der Waals surface area contributed by atoms with E-state index in [1.54, 1.807) is 7.11 Å². The van der Waals surface area contributed by atoms with Crippen molar-refractivity contribution in [2.45, 2.75) is 52.6 Å². The van der Waals surface area contributed by atoms with Gasteiger partial charge in [-0.2, -0.15) is 0 Å². The third-order valence-electron chi connectivity index (χ3n) is 5.05. The Morgan fingerprint density at radius 3 is 2.56 bits per heavy atom. The van der Waals surface area contributed by atoms with E-state index < -0.39 is 0 Å². The number of benzene rings is 1. The van der Waals surface area contributed by atoms with Crippen molar-refractivity contribution >= 4 is 5.91 Å². The highest BCUT2D eigenvalue weighted by Crippen LogP contribution is 2.30. The van der Waals surface area contributed by atoms with E-state index >= 15 is 0 Å². The molecule has 1 saturated carbocycles. The molecule has 5 heteroatoms. The summed E-state index contributed by atoms with van der Waals surface area (Å²) in [6, 6.07) is 6.45. The molecule has 0 heterocycles. The quantitative estimate of drug-likeness (QED) is 0.758. The van der Waals surface area contributed by atoms with Crippen LogP contribution in [-0.2, 0) is 11.3 Å². The van der Waals surface area contributed by atoms with Crippen LogP contribution >= 0.6 is 0 Å². The zero-order valence-corrected chi connectivity index (χ0v) is 15.9. The first-order valence-electron chi connectivity index (χ1n) is 9.35. The molecule has 1 aliphatic carbocycles. The zero-order chi connectivity index (χ0) is 18.2. The molecule has 2 rings (SSSR count). The lowest BCUT2D eigenvalue weighted by atomic mass is 9.78. The van der Waals surface area contributed by atoms with Gasteiger partial charge in [0.1, 0.15) is 0 Å². The molecule has 140 valence electrons. The highest BCUT2D eigenvalue weighted by atomic mass is 16.5. The maximum absolute atomic E-state index is 11.5. The van der Waals surface area contributed by atoms with E-state index in [2.05, 4.69) is 24.5 Å². The number of rotatable bonds is 8. The van der Waals surface area contributed by atoms with Crippen molar-refractivity contribution in [1.29, 1.82) is 0 Å². The largest absolute Gasteiger partial charge is 0.493 e. The van der Waals surface area contributed by atoms with Crippen LogP contribution in [0.25, 0.3) is 0 Å². The van der Waals surface area contributed by atoms with Crippen molar-refractivity contribution in [1.82, 2.24) is 10.6 Å². The van der Waals surface area contributed by atoms with Crippen LogP contribution in [0.1, 0.15) is 45.6 Å². The van der Waals surface area contributed by atoms with E-state index in [4.69, 9.17) is 9.47 Å². The molecule has 25 heavy (non-hydrogen) atoms. The second kappa shape index (κ2) is 9.66. The molecule has 5 nitrogen and oxygen atoms in total. The van der Waals surface area contributed by atoms with Crippen LogP contribution in [0.4, 0.5) is 0 Å². The molecule has 1 aromatic rings. The normalized spacial score (nSPS) is 23.1. The van der Waals surface area contributed by atoms with Crippen LogP contribution in [0.15, 0.2) is 18.2 Å². The highest BCUT2D eigenvalue weighted by molar-refractivity contribution is 5.77. The lowest BCUT2D eigenvalue weighted by molar-refractivity contribution is -0.123. The van der Waals surface area contributed by atoms with Gasteiger partial charge >= 0.3 is 0 Å². The lowest BCUT2D eigenvalue weighted by Gasteiger charge is -2.35. The maximum atomic E-state index is 11.5. The molecule has 0 spiro atoms. The number of carbonyl (C=O) groups excluding carboxylic acids is 1. The number of ether oxygens (including phenoxy) is 2. The molecule has 0 bridgehead atoms. The van der Waals surface area contributed by atoms with Gasteiger partial charge in [-0.25, -0.2) is 0 Å². The minimum absolute atomic E-state index is 0.00109. The van der Waals surface area contributed by atoms with Crippen molar-refractivity contribution in [2.75, 3.05) is 20.3 Å². The van der Waals surface area contributed by atoms with Gasteiger partial charge in [-0.1, -0.05) is 26.3 Å². The Morgan fingerprint density at radius 2 is 1.92 bits per heavy atom. The summed E-state index contributed by atoms with van der Waals surface area (Å²) in [6.07, 6.45) is 3.95. The minimum atomic E-state index is -0.129. The Morgan fingerprint density at radius 1 is 1.20 bits per heavy atom. The predicted molar refractivity (Wildman–Crippen MR) is 100.0 cm³/mol. The maximum Gasteiger partial charge on any atom is 0.257 e. The van der Waals surface area contributed by atoms with Crippen molar-refractivity contribution in [3.63, 3.8) is 0 Å². The van der Waals surface area contributed by atoms with E-state index in [0.717, 1.165) is 12.1 Å². The third-order valence-corrected chi connectivity index (χ3v) is 5.05. The zero-order valence-electron chi connectivity index (χ0n) is 15.9. The number of hydrogen-bond donors (Lipinski definition) is 2. The molecule has 0 aliphatic heterocycles. The van der Waals surface area contributed by atoms with Crippen LogP contribution in [0.2, 0.25) is 0 Å². The predicted octanol–water partition coefficient (Wildman–Crippen LogP) is 3.12. The van der Waals surface area contributed by atoms with Crippen molar-refractivity contribution < 1.29 is 14.3 Å². The van der Waals surface area contributed by atoms with Crippen LogP contribution in [-0.4, -0.2) is 32.2 Å². The number of carbonyl (C=O) groups is 1. The molecule has 1 fully saturated rings. The Balaban J connectivity index is 1.94. The second-order valence-corrected chi connectivity index (χ2v) is 7.02. The van der Waals surface area contributed by atoms with Gasteiger partial charge < -0.3 is 20.1 Å². The van der Waals surface area contributed by atoms with Gasteiger partial charge in [0.15, 0.2) is 18.1 Å². The van der Waals surface area contributed by atoms with Crippen LogP contribution < -0.4 is 20.1 Å². The number of nitrogens with one attached hydrogen (secondary N) is 2. The van der Waals surface area contributed by atoms with Gasteiger partial charge in [-0.3, -0.25) is 4.79 Å². The molecule has 1 aliphatic rings. The molecule has 2 unspecified atom stereocenters. The van der Waals surface area contributed by atoms with E-state index in [-0.39, 0.29) is 12.5 Å². The van der Waals surface area contributed by atoms with E-state index in [1.165, 1.54) is 19.3 Å². The van der Waals surface area contributed by atoms with Crippen LogP contribution in [0, 0.1) is 11.8 Å². The summed E-state index contributed by atoms with van der Waals surface area (Å²) in [6.45, 7) is 7.97. The molecule has 0 aromatic heterocycles. The molecule has 2 atom stereocenters. The third kappa shape index (κ3) is 5.63. The van der Waals surface area contributed by atoms with Crippen LogP contribution in [0.3, 0.4) is 0 Å². The van der Waals surface area contributed by atoms with Gasteiger partial charge in [0.05, 0.1) is 7.11 Å². The van der Waals surface area contributed by atoms with E-state index in [1.807, 2.05) is 25.1 Å². The lowest BCUT2D eigenvalue weighted by Crippen LogP contribution is -2.42. The average Bonchev–Trinajstić information content (AvgIpc) is 2.60. The Kier molecular flexibility index (Phi) is 7.56. The summed E-state index contributed by atoms with van der Waals surface area (Å²) in [5.74, 6) is 2.55. The first kappa shape index (κ1) is 19.6. The summed E-state index contributed by atoms with van der Waals surface area (Å²) in [7, 11) is 1.62. The fraction of sp³-hybridized carbons (Fsp3) is 0.650. The molecule has 2 N–H and O–H groups in total. The number of amides is 1. The first-order chi connectivity index (χ1) is 12.0. The average molecular weight is 348 g/mol. The van der Waals surface area contributed by atoms with Crippen molar-refractivity contribution in [3.05, 3.63) is 23.8 Å². The Hall–Kier alpha value is -1.75. The van der Waals surface area contributed by atoms with E-state index in [0.29, 0.717) is 35.9 Å². The van der Waals surface area contributed by atoms with Gasteiger partial charge in [0.2, 0.25) is 0 Å². The second-order valence-electron chi connectivity index (χ2n) is 7.02. The van der Waals surface area contributed by atoms with E-state index in [9.17, 15) is 4.79 Å². The summed E-state index contributed by atoms with van der Waals surface area (Å²) < 4.78 is 11.0. The van der Waals surface area contributed by atoms with Gasteiger partial charge in [0.25, 0.3) is 5.91 Å². The number of methoxy groups -OCH3 is 1. The Bertz CT molecular complexity index is 552. The summed E-state index contributed by atoms with van der Waals surface area (Å²) in [4.78, 5) is 11.5. The van der Waals surface area contributed by atoms with Gasteiger partial charge in [0, 0.05) is 19.1 Å².